The number of hydrogen-bond acceptors (Lipinski definition) is 1. The Balaban J connectivity index is 2.87. The van der Waals surface area contributed by atoms with E-state index < -0.39 is 0 Å². The van der Waals surface area contributed by atoms with Crippen LogP contribution in [-0.4, -0.2) is 10.2 Å². The summed E-state index contributed by atoms with van der Waals surface area (Å²) in [5, 5.41) is 8.78. The van der Waals surface area contributed by atoms with Gasteiger partial charge < -0.3 is 0 Å². The zero-order valence-corrected chi connectivity index (χ0v) is 8.70. The molecule has 0 bridgehead atoms. The van der Waals surface area contributed by atoms with E-state index in [-0.39, 0.29) is 0 Å². The zero-order valence-electron chi connectivity index (χ0n) is 6.36. The fraction of sp³-hybridized carbons (Fsp3) is 0.125. The van der Waals surface area contributed by atoms with Gasteiger partial charge in [-0.15, -0.1) is 0 Å². The monoisotopic (exact) mass is 244 g/mol. The molecule has 1 aromatic heterocycles. The van der Waals surface area contributed by atoms with Gasteiger partial charge in [0.2, 0.25) is 0 Å². The van der Waals surface area contributed by atoms with Gasteiger partial charge in [-0.3, -0.25) is 5.10 Å². The maximum atomic E-state index is 5.90. The lowest BCUT2D eigenvalue weighted by Gasteiger charge is -1.94. The van der Waals surface area contributed by atoms with Crippen molar-refractivity contribution >= 4 is 38.4 Å². The maximum Gasteiger partial charge on any atom is 0.0939 e. The van der Waals surface area contributed by atoms with Crippen molar-refractivity contribution in [1.82, 2.24) is 10.2 Å². The minimum absolute atomic E-state index is 0.689. The first-order valence-corrected chi connectivity index (χ1v) is 4.65. The van der Waals surface area contributed by atoms with Crippen molar-refractivity contribution in [2.24, 2.45) is 0 Å². The van der Waals surface area contributed by atoms with E-state index >= 15 is 0 Å². The van der Waals surface area contributed by atoms with Crippen LogP contribution in [0.1, 0.15) is 5.69 Å². The molecule has 1 aromatic carbocycles. The maximum absolute atomic E-state index is 5.90. The molecular weight excluding hydrogens is 239 g/mol. The van der Waals surface area contributed by atoms with Crippen LogP contribution in [0.5, 0.6) is 0 Å². The smallest absolute Gasteiger partial charge is 0.0939 e. The molecule has 0 fully saturated rings. The third-order valence-corrected chi connectivity index (χ3v) is 2.98. The van der Waals surface area contributed by atoms with Crippen LogP contribution in [0.15, 0.2) is 16.6 Å². The number of nitrogens with zero attached hydrogens (tertiary/aromatic N) is 1. The number of rotatable bonds is 0. The Morgan fingerprint density at radius 2 is 2.25 bits per heavy atom. The first-order valence-electron chi connectivity index (χ1n) is 3.48. The van der Waals surface area contributed by atoms with Crippen molar-refractivity contribution in [2.75, 3.05) is 0 Å². The Bertz CT molecular complexity index is 436. The fourth-order valence-corrected chi connectivity index (χ4v) is 1.63. The van der Waals surface area contributed by atoms with E-state index in [0.717, 1.165) is 21.1 Å². The molecular formula is C8H6BrClN2. The predicted octanol–water partition coefficient (Wildman–Crippen LogP) is 3.29. The summed E-state index contributed by atoms with van der Waals surface area (Å²) in [5.74, 6) is 0. The highest BCUT2D eigenvalue weighted by Gasteiger charge is 2.04. The molecule has 0 radical (unpaired) electrons. The van der Waals surface area contributed by atoms with Crippen molar-refractivity contribution in [3.63, 3.8) is 0 Å². The topological polar surface area (TPSA) is 28.7 Å². The third kappa shape index (κ3) is 1.13. The molecule has 0 amide bonds. The molecule has 0 aliphatic rings. The highest BCUT2D eigenvalue weighted by Crippen LogP contribution is 2.28. The molecule has 0 aliphatic carbocycles. The van der Waals surface area contributed by atoms with E-state index in [4.69, 9.17) is 11.6 Å². The van der Waals surface area contributed by atoms with Gasteiger partial charge in [0, 0.05) is 15.6 Å². The molecule has 62 valence electrons. The third-order valence-electron chi connectivity index (χ3n) is 1.79. The van der Waals surface area contributed by atoms with Gasteiger partial charge in [0.1, 0.15) is 0 Å². The largest absolute Gasteiger partial charge is 0.282 e. The number of nitrogens with one attached hydrogen (secondary N) is 1. The first kappa shape index (κ1) is 8.08. The lowest BCUT2D eigenvalue weighted by Crippen LogP contribution is -1.72. The predicted molar refractivity (Wildman–Crippen MR) is 53.5 cm³/mol. The molecule has 1 N–H and O–H groups in total. The van der Waals surface area contributed by atoms with Crippen molar-refractivity contribution < 1.29 is 0 Å². The number of H-pyrrole nitrogens is 1. The van der Waals surface area contributed by atoms with E-state index in [2.05, 4.69) is 26.1 Å². The van der Waals surface area contributed by atoms with Gasteiger partial charge in [-0.1, -0.05) is 11.6 Å². The Labute approximate surface area is 83.0 Å². The van der Waals surface area contributed by atoms with Gasteiger partial charge in [-0.2, -0.15) is 5.10 Å². The fourth-order valence-electron chi connectivity index (χ4n) is 1.13. The molecule has 0 saturated carbocycles. The molecule has 2 rings (SSSR count). The lowest BCUT2D eigenvalue weighted by atomic mass is 10.2. The van der Waals surface area contributed by atoms with Gasteiger partial charge in [-0.05, 0) is 35.0 Å². The summed E-state index contributed by atoms with van der Waals surface area (Å²) in [5.41, 5.74) is 1.96. The van der Waals surface area contributed by atoms with Crippen molar-refractivity contribution in [3.05, 3.63) is 27.3 Å². The number of fused-ring (bicyclic) bond motifs is 1. The number of benzene rings is 1. The average Bonchev–Trinajstić information content (AvgIpc) is 2.35. The lowest BCUT2D eigenvalue weighted by molar-refractivity contribution is 1.07. The number of aromatic amines is 1. The van der Waals surface area contributed by atoms with Crippen LogP contribution < -0.4 is 0 Å². The first-order chi connectivity index (χ1) is 5.68. The van der Waals surface area contributed by atoms with Crippen LogP contribution in [0.4, 0.5) is 0 Å². The van der Waals surface area contributed by atoms with Crippen LogP contribution in [0.2, 0.25) is 5.02 Å². The van der Waals surface area contributed by atoms with E-state index in [9.17, 15) is 0 Å². The molecule has 0 spiro atoms. The Kier molecular flexibility index (Phi) is 1.85. The Morgan fingerprint density at radius 1 is 1.50 bits per heavy atom. The minimum atomic E-state index is 0.689. The standard InChI is InChI=1S/C8H6BrClN2/c1-4-5-2-6(9)7(10)3-8(5)12-11-4/h2-3H,1H3,(H,11,12). The van der Waals surface area contributed by atoms with Crippen LogP contribution in [-0.2, 0) is 0 Å². The second-order valence-corrected chi connectivity index (χ2v) is 3.89. The highest BCUT2D eigenvalue weighted by molar-refractivity contribution is 9.10. The zero-order chi connectivity index (χ0) is 8.72. The molecule has 12 heavy (non-hydrogen) atoms. The van der Waals surface area contributed by atoms with E-state index in [1.54, 1.807) is 0 Å². The Hall–Kier alpha value is -0.540. The summed E-state index contributed by atoms with van der Waals surface area (Å²) >= 11 is 9.26. The van der Waals surface area contributed by atoms with Crippen LogP contribution in [0, 0.1) is 6.92 Å². The SMILES string of the molecule is Cc1[nH]nc2cc(Cl)c(Br)cc12. The molecule has 2 nitrogen and oxygen atoms in total. The van der Waals surface area contributed by atoms with Crippen molar-refractivity contribution in [1.29, 1.82) is 0 Å². The molecule has 2 aromatic rings. The number of aryl methyl sites for hydroxylation is 1. The van der Waals surface area contributed by atoms with Crippen LogP contribution >= 0.6 is 27.5 Å². The van der Waals surface area contributed by atoms with Gasteiger partial charge in [0.05, 0.1) is 10.5 Å². The molecule has 1 heterocycles. The van der Waals surface area contributed by atoms with Crippen molar-refractivity contribution in [3.8, 4) is 0 Å². The summed E-state index contributed by atoms with van der Waals surface area (Å²) < 4.78 is 0.904. The summed E-state index contributed by atoms with van der Waals surface area (Å²) in [6.07, 6.45) is 0. The average molecular weight is 246 g/mol. The van der Waals surface area contributed by atoms with Crippen LogP contribution in [0.25, 0.3) is 10.9 Å². The number of halogens is 2. The van der Waals surface area contributed by atoms with Crippen molar-refractivity contribution in [2.45, 2.75) is 6.92 Å². The van der Waals surface area contributed by atoms with Gasteiger partial charge in [-0.25, -0.2) is 0 Å². The van der Waals surface area contributed by atoms with E-state index in [0.29, 0.717) is 5.02 Å². The van der Waals surface area contributed by atoms with E-state index in [1.807, 2.05) is 19.1 Å². The Morgan fingerprint density at radius 3 is 3.00 bits per heavy atom. The highest BCUT2D eigenvalue weighted by atomic mass is 79.9. The summed E-state index contributed by atoms with van der Waals surface area (Å²) in [7, 11) is 0. The molecule has 4 heteroatoms. The quantitative estimate of drug-likeness (QED) is 0.758. The van der Waals surface area contributed by atoms with Gasteiger partial charge in [0.25, 0.3) is 0 Å². The van der Waals surface area contributed by atoms with Gasteiger partial charge in [0.15, 0.2) is 0 Å². The second kappa shape index (κ2) is 2.75. The summed E-state index contributed by atoms with van der Waals surface area (Å²) in [4.78, 5) is 0. The number of aromatic nitrogens is 2. The normalized spacial score (nSPS) is 10.9. The molecule has 0 atom stereocenters. The van der Waals surface area contributed by atoms with E-state index in [1.165, 1.54) is 0 Å². The van der Waals surface area contributed by atoms with Gasteiger partial charge >= 0.3 is 0 Å². The van der Waals surface area contributed by atoms with Crippen LogP contribution in [0.3, 0.4) is 0 Å². The second-order valence-electron chi connectivity index (χ2n) is 2.63. The molecule has 0 unspecified atom stereocenters. The summed E-state index contributed by atoms with van der Waals surface area (Å²) in [6, 6.07) is 3.81. The molecule has 0 aliphatic heterocycles. The summed E-state index contributed by atoms with van der Waals surface area (Å²) in [6.45, 7) is 1.98. The molecule has 0 saturated heterocycles. The minimum Gasteiger partial charge on any atom is -0.282 e. The number of hydrogen-bond donors (Lipinski definition) is 1.